The lowest BCUT2D eigenvalue weighted by molar-refractivity contribution is 0.0985. The fraction of sp³-hybridized carbons (Fsp3) is 0.231. The van der Waals surface area contributed by atoms with Crippen molar-refractivity contribution in [1.29, 1.82) is 0 Å². The molecule has 0 saturated heterocycles. The number of phenols is 1. The summed E-state index contributed by atoms with van der Waals surface area (Å²) in [7, 11) is 4.10. The van der Waals surface area contributed by atoms with Gasteiger partial charge < -0.3 is 20.2 Å². The average molecular weight is 464 g/mol. The molecule has 0 bridgehead atoms. The molecule has 1 aliphatic heterocycles. The minimum atomic E-state index is -0.439. The fourth-order valence-corrected chi connectivity index (χ4v) is 4.46. The van der Waals surface area contributed by atoms with Gasteiger partial charge in [-0.25, -0.2) is 0 Å². The molecule has 1 unspecified atom stereocenters. The highest BCUT2D eigenvalue weighted by molar-refractivity contribution is 6.34. The van der Waals surface area contributed by atoms with Crippen molar-refractivity contribution in [2.24, 2.45) is 0 Å². The molecule has 7 heteroatoms. The molecule has 0 fully saturated rings. The van der Waals surface area contributed by atoms with Crippen LogP contribution in [0.5, 0.6) is 5.75 Å². The number of hydrogen-bond donors (Lipinski definition) is 2. The van der Waals surface area contributed by atoms with E-state index in [1.807, 2.05) is 32.3 Å². The van der Waals surface area contributed by atoms with Gasteiger partial charge in [0.05, 0.1) is 16.3 Å². The quantitative estimate of drug-likeness (QED) is 0.512. The second-order valence-electron chi connectivity index (χ2n) is 8.30. The van der Waals surface area contributed by atoms with E-state index in [4.69, 9.17) is 11.6 Å². The van der Waals surface area contributed by atoms with Gasteiger partial charge in [-0.2, -0.15) is 0 Å². The molecule has 0 saturated carbocycles. The molecular formula is C26H26ClN3O3. The second-order valence-corrected chi connectivity index (χ2v) is 8.71. The molecule has 0 aliphatic carbocycles. The van der Waals surface area contributed by atoms with Gasteiger partial charge in [-0.3, -0.25) is 9.59 Å². The highest BCUT2D eigenvalue weighted by atomic mass is 35.5. The Morgan fingerprint density at radius 3 is 2.52 bits per heavy atom. The van der Waals surface area contributed by atoms with E-state index >= 15 is 0 Å². The van der Waals surface area contributed by atoms with Gasteiger partial charge in [0.2, 0.25) is 0 Å². The van der Waals surface area contributed by atoms with Crippen LogP contribution in [0.2, 0.25) is 5.02 Å². The smallest absolute Gasteiger partial charge is 0.258 e. The van der Waals surface area contributed by atoms with Crippen LogP contribution in [0.25, 0.3) is 0 Å². The van der Waals surface area contributed by atoms with E-state index < -0.39 is 5.91 Å². The Hall–Kier alpha value is -3.35. The molecule has 0 aromatic heterocycles. The predicted octanol–water partition coefficient (Wildman–Crippen LogP) is 5.34. The minimum Gasteiger partial charge on any atom is -0.506 e. The second kappa shape index (κ2) is 9.65. The number of rotatable bonds is 4. The van der Waals surface area contributed by atoms with Gasteiger partial charge in [0.1, 0.15) is 5.75 Å². The van der Waals surface area contributed by atoms with E-state index in [0.717, 1.165) is 24.1 Å². The van der Waals surface area contributed by atoms with Crippen molar-refractivity contribution in [1.82, 2.24) is 4.90 Å². The van der Waals surface area contributed by atoms with E-state index in [0.29, 0.717) is 22.7 Å². The summed E-state index contributed by atoms with van der Waals surface area (Å²) < 4.78 is 0. The summed E-state index contributed by atoms with van der Waals surface area (Å²) in [6.07, 6.45) is 1.81. The Morgan fingerprint density at radius 1 is 1.06 bits per heavy atom. The zero-order valence-corrected chi connectivity index (χ0v) is 19.3. The number of anilines is 2. The Kier molecular flexibility index (Phi) is 6.67. The summed E-state index contributed by atoms with van der Waals surface area (Å²) in [5.41, 5.74) is 2.85. The monoisotopic (exact) mass is 463 g/mol. The van der Waals surface area contributed by atoms with E-state index in [1.54, 1.807) is 35.2 Å². The molecule has 4 rings (SSSR count). The molecule has 3 aromatic carbocycles. The number of nitrogens with zero attached hydrogens (tertiary/aromatic N) is 2. The van der Waals surface area contributed by atoms with Crippen LogP contribution in [0.1, 0.15) is 45.2 Å². The molecule has 1 aliphatic rings. The lowest BCUT2D eigenvalue weighted by Crippen LogP contribution is -2.31. The highest BCUT2D eigenvalue weighted by Gasteiger charge is 2.28. The molecule has 170 valence electrons. The first-order valence-corrected chi connectivity index (χ1v) is 11.2. The third-order valence-corrected chi connectivity index (χ3v) is 6.26. The third kappa shape index (κ3) is 4.72. The number of benzene rings is 3. The lowest BCUT2D eigenvalue weighted by atomic mass is 10.0. The summed E-state index contributed by atoms with van der Waals surface area (Å²) in [6.45, 7) is 0.589. The molecule has 1 heterocycles. The van der Waals surface area contributed by atoms with Gasteiger partial charge in [-0.05, 0) is 68.9 Å². The maximum absolute atomic E-state index is 13.4. The van der Waals surface area contributed by atoms with Crippen LogP contribution < -0.4 is 10.2 Å². The van der Waals surface area contributed by atoms with Gasteiger partial charge >= 0.3 is 0 Å². The van der Waals surface area contributed by atoms with Crippen LogP contribution in [0.4, 0.5) is 11.4 Å². The fourth-order valence-electron chi connectivity index (χ4n) is 4.24. The first-order chi connectivity index (χ1) is 15.9. The zero-order valence-electron chi connectivity index (χ0n) is 18.6. The number of aromatic hydroxyl groups is 1. The summed E-state index contributed by atoms with van der Waals surface area (Å²) in [5, 5.41) is 13.5. The number of carbonyl (C=O) groups is 2. The number of halogens is 1. The van der Waals surface area contributed by atoms with Gasteiger partial charge in [0.25, 0.3) is 11.8 Å². The van der Waals surface area contributed by atoms with Crippen molar-refractivity contribution in [2.45, 2.75) is 18.9 Å². The van der Waals surface area contributed by atoms with Crippen molar-refractivity contribution >= 4 is 34.8 Å². The molecule has 2 amide bonds. The molecule has 33 heavy (non-hydrogen) atoms. The Morgan fingerprint density at radius 2 is 1.79 bits per heavy atom. The summed E-state index contributed by atoms with van der Waals surface area (Å²) in [5.74, 6) is -0.817. The Labute approximate surface area is 198 Å². The van der Waals surface area contributed by atoms with Crippen LogP contribution >= 0.6 is 11.6 Å². The van der Waals surface area contributed by atoms with E-state index in [9.17, 15) is 14.7 Å². The Bertz CT molecular complexity index is 1190. The number of nitrogens with one attached hydrogen (secondary N) is 1. The molecule has 0 radical (unpaired) electrons. The molecule has 0 spiro atoms. The summed E-state index contributed by atoms with van der Waals surface area (Å²) in [4.78, 5) is 29.9. The average Bonchev–Trinajstić information content (AvgIpc) is 3.00. The van der Waals surface area contributed by atoms with Crippen molar-refractivity contribution in [3.8, 4) is 5.75 Å². The molecule has 1 atom stereocenters. The standard InChI is InChI=1S/C26H26ClN3O3/c1-29(2)22-12-7-15-30(23-11-6-4-9-19(22)23)26(33)17-13-14-21(24(31)16-17)28-25(32)18-8-3-5-10-20(18)27/h3-6,8-11,13-14,16,22,31H,7,12,15H2,1-2H3,(H,28,32). The van der Waals surface area contributed by atoms with Gasteiger partial charge in [-0.15, -0.1) is 0 Å². The minimum absolute atomic E-state index is 0.185. The van der Waals surface area contributed by atoms with Crippen LogP contribution in [-0.2, 0) is 0 Å². The van der Waals surface area contributed by atoms with Crippen LogP contribution in [0.15, 0.2) is 66.7 Å². The van der Waals surface area contributed by atoms with E-state index in [-0.39, 0.29) is 23.4 Å². The maximum Gasteiger partial charge on any atom is 0.258 e. The topological polar surface area (TPSA) is 72.9 Å². The van der Waals surface area contributed by atoms with Crippen LogP contribution in [0, 0.1) is 0 Å². The number of hydrogen-bond acceptors (Lipinski definition) is 4. The van der Waals surface area contributed by atoms with Crippen molar-refractivity contribution in [3.63, 3.8) is 0 Å². The Balaban J connectivity index is 1.59. The highest BCUT2D eigenvalue weighted by Crippen LogP contribution is 2.36. The first kappa shape index (κ1) is 22.8. The third-order valence-electron chi connectivity index (χ3n) is 5.93. The molecular weight excluding hydrogens is 438 g/mol. The number of para-hydroxylation sites is 1. The van der Waals surface area contributed by atoms with Crippen LogP contribution in [0.3, 0.4) is 0 Å². The lowest BCUT2D eigenvalue weighted by Gasteiger charge is -2.27. The van der Waals surface area contributed by atoms with Gasteiger partial charge in [-0.1, -0.05) is 41.9 Å². The first-order valence-electron chi connectivity index (χ1n) is 10.8. The SMILES string of the molecule is CN(C)C1CCCN(C(=O)c2ccc(NC(=O)c3ccccc3Cl)c(O)c2)c2ccccc21. The normalized spacial score (nSPS) is 15.6. The maximum atomic E-state index is 13.4. The summed E-state index contributed by atoms with van der Waals surface area (Å²) in [6, 6.07) is 19.4. The van der Waals surface area contributed by atoms with Crippen molar-refractivity contribution < 1.29 is 14.7 Å². The number of phenolic OH excluding ortho intramolecular Hbond substituents is 1. The van der Waals surface area contributed by atoms with Crippen molar-refractivity contribution in [3.05, 3.63) is 88.4 Å². The van der Waals surface area contributed by atoms with Gasteiger partial charge in [0, 0.05) is 23.8 Å². The number of amides is 2. The van der Waals surface area contributed by atoms with E-state index in [1.165, 1.54) is 12.1 Å². The predicted molar refractivity (Wildman–Crippen MR) is 131 cm³/mol. The molecule has 2 N–H and O–H groups in total. The number of carbonyl (C=O) groups excluding carboxylic acids is 2. The number of fused-ring (bicyclic) bond motifs is 1. The van der Waals surface area contributed by atoms with E-state index in [2.05, 4.69) is 16.3 Å². The summed E-state index contributed by atoms with van der Waals surface area (Å²) >= 11 is 6.09. The molecule has 3 aromatic rings. The van der Waals surface area contributed by atoms with Gasteiger partial charge in [0.15, 0.2) is 0 Å². The molecule has 6 nitrogen and oxygen atoms in total. The van der Waals surface area contributed by atoms with Crippen molar-refractivity contribution in [2.75, 3.05) is 30.9 Å². The zero-order chi connectivity index (χ0) is 23.5. The van der Waals surface area contributed by atoms with Crippen LogP contribution in [-0.4, -0.2) is 42.5 Å². The largest absolute Gasteiger partial charge is 0.506 e.